The van der Waals surface area contributed by atoms with Gasteiger partial charge in [-0.3, -0.25) is 4.98 Å². The second kappa shape index (κ2) is 11.4. The molecule has 0 amide bonds. The summed E-state index contributed by atoms with van der Waals surface area (Å²) < 4.78 is 8.87. The molecule has 0 aliphatic carbocycles. The van der Waals surface area contributed by atoms with E-state index in [1.54, 1.807) is 0 Å². The first-order chi connectivity index (χ1) is 24.8. The van der Waals surface area contributed by atoms with Crippen molar-refractivity contribution in [3.05, 3.63) is 170 Å². The molecule has 10 rings (SSSR count). The van der Waals surface area contributed by atoms with Gasteiger partial charge in [-0.15, -0.1) is 0 Å². The Kier molecular flexibility index (Phi) is 6.42. The first kappa shape index (κ1) is 28.2. The van der Waals surface area contributed by atoms with Crippen molar-refractivity contribution >= 4 is 43.9 Å². The Bertz CT molecular complexity index is 2760. The van der Waals surface area contributed by atoms with E-state index in [-0.39, 0.29) is 0 Å². The highest BCUT2D eigenvalue weighted by atomic mass is 16.3. The van der Waals surface area contributed by atoms with Gasteiger partial charge in [0.1, 0.15) is 11.1 Å². The Morgan fingerprint density at radius 2 is 1.04 bits per heavy atom. The summed E-state index contributed by atoms with van der Waals surface area (Å²) in [6.45, 7) is 0. The van der Waals surface area contributed by atoms with Gasteiger partial charge in [0.2, 0.25) is 0 Å². The van der Waals surface area contributed by atoms with E-state index in [1.807, 2.05) is 66.9 Å². The highest BCUT2D eigenvalue weighted by molar-refractivity contribution is 6.10. The molecule has 5 nitrogen and oxygen atoms in total. The van der Waals surface area contributed by atoms with Crippen molar-refractivity contribution in [1.82, 2.24) is 19.5 Å². The Labute approximate surface area is 287 Å². The molecule has 10 aromatic rings. The molecule has 0 N–H and O–H groups in total. The van der Waals surface area contributed by atoms with Gasteiger partial charge in [-0.2, -0.15) is 0 Å². The average Bonchev–Trinajstić information content (AvgIpc) is 3.74. The minimum absolute atomic E-state index is 0.675. The lowest BCUT2D eigenvalue weighted by molar-refractivity contribution is 0.669. The van der Waals surface area contributed by atoms with Crippen LogP contribution in [0.1, 0.15) is 0 Å². The van der Waals surface area contributed by atoms with Crippen LogP contribution in [0.5, 0.6) is 0 Å². The fourth-order valence-electron chi connectivity index (χ4n) is 7.14. The molecule has 0 unspecified atom stereocenters. The van der Waals surface area contributed by atoms with Gasteiger partial charge in [0.15, 0.2) is 11.4 Å². The maximum Gasteiger partial charge on any atom is 0.161 e. The van der Waals surface area contributed by atoms with Gasteiger partial charge in [-0.1, -0.05) is 109 Å². The fraction of sp³-hybridized carbons (Fsp3) is 0. The maximum atomic E-state index is 6.51. The van der Waals surface area contributed by atoms with Crippen LogP contribution in [0.15, 0.2) is 174 Å². The number of fused-ring (bicyclic) bond motifs is 6. The zero-order valence-corrected chi connectivity index (χ0v) is 26.9. The molecular formula is C45H28N4O. The number of nitrogens with zero attached hydrogens (tertiary/aromatic N) is 4. The normalized spacial score (nSPS) is 11.6. The molecule has 0 spiro atoms. The van der Waals surface area contributed by atoms with E-state index in [0.717, 1.165) is 78.0 Å². The Morgan fingerprint density at radius 3 is 1.76 bits per heavy atom. The molecule has 0 radical (unpaired) electrons. The third-order valence-electron chi connectivity index (χ3n) is 9.45. The summed E-state index contributed by atoms with van der Waals surface area (Å²) in [7, 11) is 0. The third kappa shape index (κ3) is 4.60. The molecule has 0 atom stereocenters. The van der Waals surface area contributed by atoms with Crippen LogP contribution in [0, 0.1) is 0 Å². The zero-order chi connectivity index (χ0) is 33.0. The van der Waals surface area contributed by atoms with Crippen molar-refractivity contribution in [2.75, 3.05) is 0 Å². The summed E-state index contributed by atoms with van der Waals surface area (Å²) in [4.78, 5) is 15.0. The summed E-state index contributed by atoms with van der Waals surface area (Å²) in [6.07, 6.45) is 1.87. The average molecular weight is 641 g/mol. The third-order valence-corrected chi connectivity index (χ3v) is 9.45. The summed E-state index contributed by atoms with van der Waals surface area (Å²) >= 11 is 0. The molecule has 4 heterocycles. The molecule has 4 aromatic heterocycles. The standard InChI is InChI=1S/C45H28N4O/c1-3-13-29(14-4-1)38-28-39(48-45(47-38)30-15-5-2-6-16-30)32-25-31(34-23-24-46-43-37-19-9-12-22-42(37)50-44(34)43)26-33(27-32)49-40-20-10-7-17-35(40)36-18-8-11-21-41(36)49/h1-28H. The van der Waals surface area contributed by atoms with Crippen LogP contribution >= 0.6 is 0 Å². The summed E-state index contributed by atoms with van der Waals surface area (Å²) in [6, 6.07) is 56.6. The van der Waals surface area contributed by atoms with Crippen molar-refractivity contribution in [1.29, 1.82) is 0 Å². The molecule has 5 heteroatoms. The quantitative estimate of drug-likeness (QED) is 0.188. The first-order valence-electron chi connectivity index (χ1n) is 16.7. The number of hydrogen-bond donors (Lipinski definition) is 0. The number of aromatic nitrogens is 4. The van der Waals surface area contributed by atoms with Crippen molar-refractivity contribution in [2.24, 2.45) is 0 Å². The van der Waals surface area contributed by atoms with E-state index >= 15 is 0 Å². The number of benzene rings is 6. The van der Waals surface area contributed by atoms with Crippen LogP contribution in [-0.2, 0) is 0 Å². The van der Waals surface area contributed by atoms with Gasteiger partial charge >= 0.3 is 0 Å². The number of hydrogen-bond acceptors (Lipinski definition) is 4. The van der Waals surface area contributed by atoms with Crippen molar-refractivity contribution in [2.45, 2.75) is 0 Å². The van der Waals surface area contributed by atoms with Gasteiger partial charge in [-0.25, -0.2) is 9.97 Å². The minimum Gasteiger partial charge on any atom is -0.454 e. The van der Waals surface area contributed by atoms with Crippen LogP contribution in [0.3, 0.4) is 0 Å². The van der Waals surface area contributed by atoms with Crippen LogP contribution in [0.4, 0.5) is 0 Å². The largest absolute Gasteiger partial charge is 0.454 e. The number of pyridine rings is 1. The van der Waals surface area contributed by atoms with Crippen LogP contribution in [0.25, 0.3) is 94.6 Å². The maximum absolute atomic E-state index is 6.51. The lowest BCUT2D eigenvalue weighted by atomic mass is 9.99. The monoisotopic (exact) mass is 640 g/mol. The molecule has 6 aromatic carbocycles. The number of furan rings is 1. The van der Waals surface area contributed by atoms with E-state index in [4.69, 9.17) is 19.4 Å². The molecule has 0 aliphatic rings. The van der Waals surface area contributed by atoms with Gasteiger partial charge < -0.3 is 8.98 Å². The molecule has 234 valence electrons. The predicted molar refractivity (Wildman–Crippen MR) is 203 cm³/mol. The Morgan fingerprint density at radius 1 is 0.460 bits per heavy atom. The zero-order valence-electron chi connectivity index (χ0n) is 26.9. The minimum atomic E-state index is 0.675. The summed E-state index contributed by atoms with van der Waals surface area (Å²) in [5.41, 5.74) is 12.4. The SMILES string of the molecule is c1ccc(-c2cc(-c3cc(-c4ccnc5c4oc4ccccc45)cc(-n4c5ccccc5c5ccccc54)c3)nc(-c3ccccc3)n2)cc1. The Hall–Kier alpha value is -6.85. The molecule has 0 aliphatic heterocycles. The second-order valence-electron chi connectivity index (χ2n) is 12.5. The van der Waals surface area contributed by atoms with Crippen LogP contribution in [-0.4, -0.2) is 19.5 Å². The van der Waals surface area contributed by atoms with E-state index in [0.29, 0.717) is 5.82 Å². The Balaban J connectivity index is 1.29. The fourth-order valence-corrected chi connectivity index (χ4v) is 7.14. The van der Waals surface area contributed by atoms with Crippen molar-refractivity contribution in [3.8, 4) is 50.7 Å². The van der Waals surface area contributed by atoms with Crippen LogP contribution in [0.2, 0.25) is 0 Å². The molecule has 0 bridgehead atoms. The van der Waals surface area contributed by atoms with Gasteiger partial charge in [0.25, 0.3) is 0 Å². The number of rotatable bonds is 5. The molecular weight excluding hydrogens is 613 g/mol. The summed E-state index contributed by atoms with van der Waals surface area (Å²) in [5, 5.41) is 3.41. The highest BCUT2D eigenvalue weighted by Gasteiger charge is 2.19. The second-order valence-corrected chi connectivity index (χ2v) is 12.5. The molecule has 0 fully saturated rings. The first-order valence-corrected chi connectivity index (χ1v) is 16.7. The molecule has 0 saturated carbocycles. The molecule has 50 heavy (non-hydrogen) atoms. The van der Waals surface area contributed by atoms with Crippen molar-refractivity contribution < 1.29 is 4.42 Å². The highest BCUT2D eigenvalue weighted by Crippen LogP contribution is 2.40. The lowest BCUT2D eigenvalue weighted by Crippen LogP contribution is -1.99. The van der Waals surface area contributed by atoms with Gasteiger partial charge in [0.05, 0.1) is 22.4 Å². The van der Waals surface area contributed by atoms with E-state index in [1.165, 1.54) is 10.8 Å². The predicted octanol–water partition coefficient (Wildman–Crippen LogP) is 11.5. The van der Waals surface area contributed by atoms with E-state index < -0.39 is 0 Å². The topological polar surface area (TPSA) is 56.7 Å². The van der Waals surface area contributed by atoms with Gasteiger partial charge in [0, 0.05) is 50.3 Å². The van der Waals surface area contributed by atoms with E-state index in [9.17, 15) is 0 Å². The smallest absolute Gasteiger partial charge is 0.161 e. The lowest BCUT2D eigenvalue weighted by Gasteiger charge is -2.15. The summed E-state index contributed by atoms with van der Waals surface area (Å²) in [5.74, 6) is 0.675. The van der Waals surface area contributed by atoms with Crippen LogP contribution < -0.4 is 0 Å². The number of para-hydroxylation sites is 3. The van der Waals surface area contributed by atoms with Crippen molar-refractivity contribution in [3.63, 3.8) is 0 Å². The molecule has 0 saturated heterocycles. The van der Waals surface area contributed by atoms with Gasteiger partial charge in [-0.05, 0) is 60.2 Å². The van der Waals surface area contributed by atoms with E-state index in [2.05, 4.69) is 108 Å².